The Kier molecular flexibility index (Phi) is 11.0. The molecule has 0 bridgehead atoms. The van der Waals surface area contributed by atoms with Gasteiger partial charge in [-0.15, -0.1) is 0 Å². The monoisotopic (exact) mass is 355 g/mol. The zero-order valence-electron chi connectivity index (χ0n) is 13.7. The van der Waals surface area contributed by atoms with Gasteiger partial charge in [-0.25, -0.2) is 4.79 Å². The van der Waals surface area contributed by atoms with E-state index in [-0.39, 0.29) is 19.6 Å². The Bertz CT molecular complexity index is 587. The zero-order valence-corrected chi connectivity index (χ0v) is 14.5. The van der Waals surface area contributed by atoms with Crippen molar-refractivity contribution in [1.82, 2.24) is 0 Å². The minimum absolute atomic E-state index is 0.116. The molecule has 7 nitrogen and oxygen atoms in total. The number of ether oxygens (including phenoxy) is 1. The summed E-state index contributed by atoms with van der Waals surface area (Å²) in [6, 6.07) is 7.02. The number of carbonyl (C=O) groups excluding carboxylic acids is 1. The number of hydrogen-bond acceptors (Lipinski definition) is 6. The number of benzene rings is 1. The zero-order chi connectivity index (χ0) is 18.5. The lowest BCUT2D eigenvalue weighted by atomic mass is 10.1. The Hall–Kier alpha value is -2.30. The Morgan fingerprint density at radius 2 is 2.12 bits per heavy atom. The summed E-state index contributed by atoms with van der Waals surface area (Å²) in [7, 11) is 0. The quantitative estimate of drug-likeness (QED) is 0.505. The molecule has 4 N–H and O–H groups in total. The van der Waals surface area contributed by atoms with Crippen molar-refractivity contribution < 1.29 is 19.4 Å². The number of esters is 1. The summed E-state index contributed by atoms with van der Waals surface area (Å²) in [4.78, 5) is 20.9. The fraction of sp³-hybridized carbons (Fsp3) is 0.438. The first-order valence-corrected chi connectivity index (χ1v) is 7.74. The topological polar surface area (TPSA) is 125 Å². The van der Waals surface area contributed by atoms with Crippen molar-refractivity contribution in [3.8, 4) is 6.07 Å². The predicted octanol–water partition coefficient (Wildman–Crippen LogP) is 2.19. The van der Waals surface area contributed by atoms with Crippen LogP contribution in [0.2, 0.25) is 5.02 Å². The molecule has 0 aromatic heterocycles. The van der Waals surface area contributed by atoms with Gasteiger partial charge in [0, 0.05) is 0 Å². The maximum absolute atomic E-state index is 11.7. The number of nitrogens with one attached hydrogen (secondary N) is 1. The first kappa shape index (κ1) is 21.7. The van der Waals surface area contributed by atoms with Crippen molar-refractivity contribution in [3.63, 3.8) is 0 Å². The van der Waals surface area contributed by atoms with Crippen LogP contribution in [0.15, 0.2) is 18.2 Å². The summed E-state index contributed by atoms with van der Waals surface area (Å²) < 4.78 is 4.96. The number of para-hydroxylation sites is 1. The van der Waals surface area contributed by atoms with Crippen molar-refractivity contribution in [2.24, 2.45) is 5.73 Å². The van der Waals surface area contributed by atoms with E-state index in [2.05, 4.69) is 11.1 Å². The highest BCUT2D eigenvalue weighted by Gasteiger charge is 2.16. The number of carboxylic acid groups (broad SMARTS) is 1. The summed E-state index contributed by atoms with van der Waals surface area (Å²) in [5.74, 6) is -1.36. The molecule has 0 aliphatic rings. The second-order valence-corrected chi connectivity index (χ2v) is 5.07. The van der Waals surface area contributed by atoms with Gasteiger partial charge >= 0.3 is 11.9 Å². The van der Waals surface area contributed by atoms with E-state index in [1.807, 2.05) is 25.1 Å². The maximum atomic E-state index is 11.7. The second kappa shape index (κ2) is 12.2. The van der Waals surface area contributed by atoms with Crippen LogP contribution >= 0.6 is 11.6 Å². The highest BCUT2D eigenvalue weighted by molar-refractivity contribution is 6.33. The Morgan fingerprint density at radius 1 is 1.50 bits per heavy atom. The molecule has 0 unspecified atom stereocenters. The third-order valence-corrected chi connectivity index (χ3v) is 3.14. The van der Waals surface area contributed by atoms with E-state index in [9.17, 15) is 9.59 Å². The summed E-state index contributed by atoms with van der Waals surface area (Å²) in [5.41, 5.74) is 6.38. The van der Waals surface area contributed by atoms with E-state index in [0.717, 1.165) is 17.7 Å². The molecule has 1 atom stereocenters. The number of nitrogens with zero attached hydrogens (tertiary/aromatic N) is 1. The molecular formula is C16H22ClN3O4. The summed E-state index contributed by atoms with van der Waals surface area (Å²) >= 11 is 6.13. The standard InChI is InChI=1S/C14H17ClN2O2.C2H5NO2/c1-3-11-6-4-7-12(15)13(11)17-10(2)14(18)19-9-5-8-16;3-1-2(4)5/h4,6-7,10,17H,3,5,9H2,1-2H3;1,3H2,(H,4,5)/t10-;/m0./s1. The molecule has 1 aromatic carbocycles. The van der Waals surface area contributed by atoms with Gasteiger partial charge in [0.15, 0.2) is 0 Å². The first-order valence-electron chi connectivity index (χ1n) is 7.36. The molecule has 8 heteroatoms. The van der Waals surface area contributed by atoms with Crippen molar-refractivity contribution in [3.05, 3.63) is 28.8 Å². The molecule has 1 rings (SSSR count). The maximum Gasteiger partial charge on any atom is 0.328 e. The fourth-order valence-corrected chi connectivity index (χ4v) is 1.87. The number of hydrogen-bond donors (Lipinski definition) is 3. The molecule has 0 amide bonds. The van der Waals surface area contributed by atoms with Gasteiger partial charge in [-0.1, -0.05) is 30.7 Å². The minimum Gasteiger partial charge on any atom is -0.480 e. The van der Waals surface area contributed by atoms with Gasteiger partial charge < -0.3 is 20.9 Å². The number of carbonyl (C=O) groups is 2. The van der Waals surface area contributed by atoms with Crippen molar-refractivity contribution in [2.75, 3.05) is 18.5 Å². The van der Waals surface area contributed by atoms with Crippen LogP contribution in [-0.2, 0) is 20.7 Å². The van der Waals surface area contributed by atoms with Crippen LogP contribution < -0.4 is 11.1 Å². The lowest BCUT2D eigenvalue weighted by molar-refractivity contribution is -0.144. The Labute approximate surface area is 146 Å². The highest BCUT2D eigenvalue weighted by atomic mass is 35.5. The van der Waals surface area contributed by atoms with Crippen LogP contribution in [0.3, 0.4) is 0 Å². The Morgan fingerprint density at radius 3 is 2.62 bits per heavy atom. The number of anilines is 1. The summed E-state index contributed by atoms with van der Waals surface area (Å²) in [5, 5.41) is 19.6. The van der Waals surface area contributed by atoms with Crippen molar-refractivity contribution in [1.29, 1.82) is 5.26 Å². The molecule has 24 heavy (non-hydrogen) atoms. The van der Waals surface area contributed by atoms with E-state index in [1.165, 1.54) is 0 Å². The van der Waals surface area contributed by atoms with E-state index in [4.69, 9.17) is 26.7 Å². The molecule has 0 saturated carbocycles. The van der Waals surface area contributed by atoms with E-state index < -0.39 is 18.0 Å². The van der Waals surface area contributed by atoms with Gasteiger partial charge in [0.25, 0.3) is 0 Å². The van der Waals surface area contributed by atoms with Gasteiger partial charge in [0.05, 0.1) is 29.7 Å². The van der Waals surface area contributed by atoms with E-state index in [1.54, 1.807) is 13.0 Å². The lowest BCUT2D eigenvalue weighted by Crippen LogP contribution is -2.29. The summed E-state index contributed by atoms with van der Waals surface area (Å²) in [6.07, 6.45) is 1.02. The number of nitriles is 1. The smallest absolute Gasteiger partial charge is 0.328 e. The number of nitrogens with two attached hydrogens (primary N) is 1. The highest BCUT2D eigenvalue weighted by Crippen LogP contribution is 2.27. The molecule has 0 saturated heterocycles. The van der Waals surface area contributed by atoms with Crippen LogP contribution in [0.25, 0.3) is 0 Å². The molecule has 0 heterocycles. The first-order chi connectivity index (χ1) is 11.4. The molecule has 1 aromatic rings. The predicted molar refractivity (Wildman–Crippen MR) is 91.8 cm³/mol. The van der Waals surface area contributed by atoms with Crippen LogP contribution in [0, 0.1) is 11.3 Å². The molecule has 0 spiro atoms. The van der Waals surface area contributed by atoms with E-state index in [0.29, 0.717) is 5.02 Å². The molecular weight excluding hydrogens is 334 g/mol. The fourth-order valence-electron chi connectivity index (χ4n) is 1.62. The number of aryl methyl sites for hydroxylation is 1. The third kappa shape index (κ3) is 8.36. The minimum atomic E-state index is -0.968. The Balaban J connectivity index is 0.000000922. The number of aliphatic carboxylic acids is 1. The van der Waals surface area contributed by atoms with Gasteiger partial charge in [-0.3, -0.25) is 4.79 Å². The van der Waals surface area contributed by atoms with Gasteiger partial charge in [0.1, 0.15) is 12.6 Å². The average molecular weight is 356 g/mol. The molecule has 0 radical (unpaired) electrons. The third-order valence-electron chi connectivity index (χ3n) is 2.83. The molecule has 0 aliphatic carbocycles. The average Bonchev–Trinajstić information content (AvgIpc) is 2.57. The largest absolute Gasteiger partial charge is 0.480 e. The number of halogens is 1. The lowest BCUT2D eigenvalue weighted by Gasteiger charge is -2.17. The second-order valence-electron chi connectivity index (χ2n) is 4.67. The van der Waals surface area contributed by atoms with Gasteiger partial charge in [-0.2, -0.15) is 5.26 Å². The number of carboxylic acids is 1. The molecule has 132 valence electrons. The van der Waals surface area contributed by atoms with Crippen LogP contribution in [-0.4, -0.2) is 36.2 Å². The van der Waals surface area contributed by atoms with Crippen molar-refractivity contribution in [2.45, 2.75) is 32.7 Å². The van der Waals surface area contributed by atoms with Crippen LogP contribution in [0.5, 0.6) is 0 Å². The molecule has 0 aliphatic heterocycles. The van der Waals surface area contributed by atoms with Gasteiger partial charge in [0.2, 0.25) is 0 Å². The van der Waals surface area contributed by atoms with E-state index >= 15 is 0 Å². The number of rotatable bonds is 7. The summed E-state index contributed by atoms with van der Waals surface area (Å²) in [6.45, 7) is 3.56. The van der Waals surface area contributed by atoms with Crippen LogP contribution in [0.1, 0.15) is 25.8 Å². The van der Waals surface area contributed by atoms with Crippen molar-refractivity contribution >= 4 is 29.2 Å². The van der Waals surface area contributed by atoms with Gasteiger partial charge in [-0.05, 0) is 25.0 Å². The van der Waals surface area contributed by atoms with Crippen LogP contribution in [0.4, 0.5) is 5.69 Å². The SMILES string of the molecule is CCc1cccc(Cl)c1N[C@@H](C)C(=O)OCCC#N.NCC(=O)O. The normalized spacial score (nSPS) is 10.6. The molecule has 0 fully saturated rings.